The molecule has 0 aromatic heterocycles. The fraction of sp³-hybridized carbons (Fsp3) is 0.600. The lowest BCUT2D eigenvalue weighted by Gasteiger charge is -2.40. The lowest BCUT2D eigenvalue weighted by atomic mass is 9.69. The maximum atomic E-state index is 11.1. The third kappa shape index (κ3) is 1.79. The molecule has 2 N–H and O–H groups in total. The van der Waals surface area contributed by atoms with Crippen LogP contribution >= 0.6 is 15.9 Å². The summed E-state index contributed by atoms with van der Waals surface area (Å²) in [6, 6.07) is 3.58. The number of aliphatic hydroxyl groups is 1. The van der Waals surface area contributed by atoms with E-state index in [1.165, 1.54) is 0 Å². The highest BCUT2D eigenvalue weighted by molar-refractivity contribution is 9.10. The molecule has 0 radical (unpaired) electrons. The number of hydrogen-bond donors (Lipinski definition) is 2. The standard InChI is InChI=1S/C15H21BrO2/c1-9-7-13(17)11(8-12(9)16)15(18)6-5-10(2)14(15,3)4/h7-8,10,17-18H,5-6H2,1-4H3. The van der Waals surface area contributed by atoms with Crippen LogP contribution < -0.4 is 0 Å². The van der Waals surface area contributed by atoms with Crippen molar-refractivity contribution in [2.45, 2.75) is 46.1 Å². The van der Waals surface area contributed by atoms with E-state index in [9.17, 15) is 10.2 Å². The monoisotopic (exact) mass is 312 g/mol. The highest BCUT2D eigenvalue weighted by Crippen LogP contribution is 2.57. The van der Waals surface area contributed by atoms with E-state index >= 15 is 0 Å². The van der Waals surface area contributed by atoms with Gasteiger partial charge >= 0.3 is 0 Å². The number of hydrogen-bond acceptors (Lipinski definition) is 2. The second-order valence-corrected chi connectivity index (χ2v) is 6.99. The second-order valence-electron chi connectivity index (χ2n) is 6.14. The molecule has 2 nitrogen and oxygen atoms in total. The van der Waals surface area contributed by atoms with Crippen molar-refractivity contribution in [2.24, 2.45) is 11.3 Å². The summed E-state index contributed by atoms with van der Waals surface area (Å²) in [6.45, 7) is 8.26. The fourth-order valence-corrected chi connectivity index (χ4v) is 3.34. The second kappa shape index (κ2) is 4.24. The molecule has 18 heavy (non-hydrogen) atoms. The van der Waals surface area contributed by atoms with Crippen molar-refractivity contribution in [3.8, 4) is 5.75 Å². The summed E-state index contributed by atoms with van der Waals surface area (Å²) in [5, 5.41) is 21.3. The van der Waals surface area contributed by atoms with Gasteiger partial charge in [-0.1, -0.05) is 36.7 Å². The van der Waals surface area contributed by atoms with Crippen molar-refractivity contribution < 1.29 is 10.2 Å². The van der Waals surface area contributed by atoms with E-state index in [2.05, 4.69) is 36.7 Å². The van der Waals surface area contributed by atoms with Gasteiger partial charge in [0.15, 0.2) is 0 Å². The van der Waals surface area contributed by atoms with Gasteiger partial charge in [-0.3, -0.25) is 0 Å². The van der Waals surface area contributed by atoms with Gasteiger partial charge in [-0.2, -0.15) is 0 Å². The minimum Gasteiger partial charge on any atom is -0.508 e. The molecule has 1 aliphatic rings. The van der Waals surface area contributed by atoms with Crippen molar-refractivity contribution in [3.05, 3.63) is 27.7 Å². The molecule has 1 fully saturated rings. The Morgan fingerprint density at radius 1 is 1.33 bits per heavy atom. The highest BCUT2D eigenvalue weighted by Gasteiger charge is 2.53. The van der Waals surface area contributed by atoms with Crippen LogP contribution in [0.5, 0.6) is 5.75 Å². The quantitative estimate of drug-likeness (QED) is 0.819. The molecule has 1 aliphatic carbocycles. The molecule has 0 bridgehead atoms. The Morgan fingerprint density at radius 2 is 1.94 bits per heavy atom. The first kappa shape index (κ1) is 13.9. The van der Waals surface area contributed by atoms with E-state index in [1.807, 2.05) is 13.0 Å². The molecular weight excluding hydrogens is 292 g/mol. The van der Waals surface area contributed by atoms with Gasteiger partial charge in [0.2, 0.25) is 0 Å². The average Bonchev–Trinajstić information content (AvgIpc) is 2.48. The summed E-state index contributed by atoms with van der Waals surface area (Å²) in [5.74, 6) is 0.627. The molecule has 0 spiro atoms. The van der Waals surface area contributed by atoms with E-state index in [-0.39, 0.29) is 11.2 Å². The number of aromatic hydroxyl groups is 1. The van der Waals surface area contributed by atoms with E-state index < -0.39 is 5.60 Å². The van der Waals surface area contributed by atoms with Crippen LogP contribution in [0.25, 0.3) is 0 Å². The fourth-order valence-electron chi connectivity index (χ4n) is 3.00. The summed E-state index contributed by atoms with van der Waals surface area (Å²) < 4.78 is 0.930. The van der Waals surface area contributed by atoms with E-state index in [1.54, 1.807) is 6.07 Å². The number of phenolic OH excluding ortho intramolecular Hbond substituents is 1. The van der Waals surface area contributed by atoms with Crippen molar-refractivity contribution in [1.29, 1.82) is 0 Å². The van der Waals surface area contributed by atoms with Crippen LogP contribution in [0, 0.1) is 18.3 Å². The predicted octanol–water partition coefficient (Wildman–Crippen LogP) is 4.11. The number of phenols is 1. The summed E-state index contributed by atoms with van der Waals surface area (Å²) in [4.78, 5) is 0. The van der Waals surface area contributed by atoms with Crippen molar-refractivity contribution in [2.75, 3.05) is 0 Å². The third-order valence-corrected chi connectivity index (χ3v) is 5.81. The number of benzene rings is 1. The molecule has 0 amide bonds. The zero-order chi connectivity index (χ0) is 13.7. The van der Waals surface area contributed by atoms with Gasteiger partial charge in [0.1, 0.15) is 5.75 Å². The van der Waals surface area contributed by atoms with E-state index in [4.69, 9.17) is 0 Å². The lowest BCUT2D eigenvalue weighted by molar-refractivity contribution is -0.0635. The summed E-state index contributed by atoms with van der Waals surface area (Å²) >= 11 is 3.48. The van der Waals surface area contributed by atoms with Gasteiger partial charge in [-0.15, -0.1) is 0 Å². The summed E-state index contributed by atoms with van der Waals surface area (Å²) in [6.07, 6.45) is 1.68. The van der Waals surface area contributed by atoms with Crippen molar-refractivity contribution >= 4 is 15.9 Å². The Labute approximate surface area is 117 Å². The molecule has 2 unspecified atom stereocenters. The van der Waals surface area contributed by atoms with Gasteiger partial charge in [0.25, 0.3) is 0 Å². The highest BCUT2D eigenvalue weighted by atomic mass is 79.9. The van der Waals surface area contributed by atoms with Crippen molar-refractivity contribution in [1.82, 2.24) is 0 Å². The molecule has 0 heterocycles. The predicted molar refractivity (Wildman–Crippen MR) is 76.6 cm³/mol. The molecule has 3 heteroatoms. The van der Waals surface area contributed by atoms with Crippen LogP contribution in [0.15, 0.2) is 16.6 Å². The Kier molecular flexibility index (Phi) is 3.27. The zero-order valence-electron chi connectivity index (χ0n) is 11.4. The lowest BCUT2D eigenvalue weighted by Crippen LogP contribution is -2.39. The number of halogens is 1. The van der Waals surface area contributed by atoms with E-state index in [0.717, 1.165) is 16.5 Å². The number of aryl methyl sites for hydroxylation is 1. The first-order valence-corrected chi connectivity index (χ1v) is 7.21. The minimum atomic E-state index is -0.952. The van der Waals surface area contributed by atoms with Crippen LogP contribution in [0.2, 0.25) is 0 Å². The van der Waals surface area contributed by atoms with Crippen LogP contribution in [-0.4, -0.2) is 10.2 Å². The van der Waals surface area contributed by atoms with Crippen molar-refractivity contribution in [3.63, 3.8) is 0 Å². The van der Waals surface area contributed by atoms with Gasteiger partial charge in [-0.05, 0) is 43.4 Å². The zero-order valence-corrected chi connectivity index (χ0v) is 13.0. The molecule has 0 aliphatic heterocycles. The third-order valence-electron chi connectivity index (χ3n) is 4.96. The Balaban J connectivity index is 2.58. The largest absolute Gasteiger partial charge is 0.508 e. The normalized spacial score (nSPS) is 30.7. The molecule has 1 saturated carbocycles. The first-order valence-electron chi connectivity index (χ1n) is 6.42. The van der Waals surface area contributed by atoms with Gasteiger partial charge < -0.3 is 10.2 Å². The molecule has 2 rings (SSSR count). The van der Waals surface area contributed by atoms with E-state index in [0.29, 0.717) is 17.9 Å². The smallest absolute Gasteiger partial charge is 0.122 e. The maximum absolute atomic E-state index is 11.1. The van der Waals surface area contributed by atoms with Gasteiger partial charge in [0, 0.05) is 15.5 Å². The van der Waals surface area contributed by atoms with Gasteiger partial charge in [-0.25, -0.2) is 0 Å². The van der Waals surface area contributed by atoms with Crippen LogP contribution in [-0.2, 0) is 5.60 Å². The van der Waals surface area contributed by atoms with Crippen LogP contribution in [0.1, 0.15) is 44.7 Å². The molecular formula is C15H21BrO2. The first-order chi connectivity index (χ1) is 8.20. The van der Waals surface area contributed by atoms with Gasteiger partial charge in [0.05, 0.1) is 5.60 Å². The Bertz CT molecular complexity index is 482. The topological polar surface area (TPSA) is 40.5 Å². The molecule has 2 atom stereocenters. The summed E-state index contributed by atoms with van der Waals surface area (Å²) in [5.41, 5.74) is 0.435. The average molecular weight is 313 g/mol. The Hall–Kier alpha value is -0.540. The number of rotatable bonds is 1. The molecule has 1 aromatic carbocycles. The molecule has 1 aromatic rings. The minimum absolute atomic E-state index is 0.195. The Morgan fingerprint density at radius 3 is 2.44 bits per heavy atom. The van der Waals surface area contributed by atoms with Crippen LogP contribution in [0.4, 0.5) is 0 Å². The maximum Gasteiger partial charge on any atom is 0.122 e. The SMILES string of the molecule is Cc1cc(O)c(C2(O)CCC(C)C2(C)C)cc1Br. The van der Waals surface area contributed by atoms with Crippen LogP contribution in [0.3, 0.4) is 0 Å². The summed E-state index contributed by atoms with van der Waals surface area (Å²) in [7, 11) is 0. The molecule has 100 valence electrons. The molecule has 0 saturated heterocycles.